The minimum absolute atomic E-state index is 0.0226. The van der Waals surface area contributed by atoms with Crippen molar-refractivity contribution in [3.63, 3.8) is 0 Å². The Balaban J connectivity index is 1.63. The lowest BCUT2D eigenvalue weighted by molar-refractivity contribution is 0.0760. The molecule has 3 rings (SSSR count). The van der Waals surface area contributed by atoms with Crippen molar-refractivity contribution in [3.8, 4) is 11.4 Å². The lowest BCUT2D eigenvalue weighted by Gasteiger charge is -2.08. The van der Waals surface area contributed by atoms with E-state index in [2.05, 4.69) is 15.1 Å². The third-order valence-corrected chi connectivity index (χ3v) is 4.28. The van der Waals surface area contributed by atoms with Crippen LogP contribution in [-0.4, -0.2) is 26.4 Å². The average Bonchev–Trinajstić information content (AvgIpc) is 3.25. The molecule has 0 radical (unpaired) electrons. The summed E-state index contributed by atoms with van der Waals surface area (Å²) in [4.78, 5) is 8.50. The number of hydrogen-bond donors (Lipinski definition) is 0. The molecule has 2 heterocycles. The van der Waals surface area contributed by atoms with E-state index in [1.165, 1.54) is 6.33 Å². The Morgan fingerprint density at radius 1 is 1.35 bits per heavy atom. The molecule has 0 bridgehead atoms. The summed E-state index contributed by atoms with van der Waals surface area (Å²) in [6.07, 6.45) is 3.18. The van der Waals surface area contributed by atoms with E-state index in [4.69, 9.17) is 9.47 Å². The average molecular weight is 330 g/mol. The van der Waals surface area contributed by atoms with E-state index in [1.807, 2.05) is 43.5 Å². The summed E-state index contributed by atoms with van der Waals surface area (Å²) in [6, 6.07) is 7.71. The molecule has 0 saturated carbocycles. The molecule has 2 aromatic heterocycles. The molecule has 0 aliphatic rings. The lowest BCUT2D eigenvalue weighted by Crippen LogP contribution is -2.01. The highest BCUT2D eigenvalue weighted by molar-refractivity contribution is 7.09. The summed E-state index contributed by atoms with van der Waals surface area (Å²) in [6.45, 7) is 5.10. The Morgan fingerprint density at radius 3 is 3.04 bits per heavy atom. The summed E-state index contributed by atoms with van der Waals surface area (Å²) in [5.74, 6) is 0.769. The lowest BCUT2D eigenvalue weighted by atomic mass is 10.3. The van der Waals surface area contributed by atoms with E-state index in [-0.39, 0.29) is 6.10 Å². The number of nitrogens with zero attached hydrogens (tertiary/aromatic N) is 4. The highest BCUT2D eigenvalue weighted by Crippen LogP contribution is 2.22. The van der Waals surface area contributed by atoms with Gasteiger partial charge in [0.25, 0.3) is 0 Å². The van der Waals surface area contributed by atoms with E-state index in [1.54, 1.807) is 22.3 Å². The fourth-order valence-corrected chi connectivity index (χ4v) is 2.92. The van der Waals surface area contributed by atoms with Crippen molar-refractivity contribution in [2.45, 2.75) is 26.6 Å². The number of thiazole rings is 1. The topological polar surface area (TPSA) is 62.1 Å². The van der Waals surface area contributed by atoms with Gasteiger partial charge < -0.3 is 9.47 Å². The first-order valence-electron chi connectivity index (χ1n) is 7.40. The largest absolute Gasteiger partial charge is 0.487 e. The summed E-state index contributed by atoms with van der Waals surface area (Å²) < 4.78 is 13.1. The van der Waals surface area contributed by atoms with Crippen molar-refractivity contribution < 1.29 is 9.47 Å². The maximum atomic E-state index is 5.83. The van der Waals surface area contributed by atoms with Crippen LogP contribution >= 0.6 is 11.3 Å². The van der Waals surface area contributed by atoms with E-state index < -0.39 is 0 Å². The third kappa shape index (κ3) is 3.94. The van der Waals surface area contributed by atoms with Crippen LogP contribution in [0.5, 0.6) is 5.75 Å². The minimum Gasteiger partial charge on any atom is -0.487 e. The number of rotatable bonds is 7. The second-order valence-electron chi connectivity index (χ2n) is 4.90. The van der Waals surface area contributed by atoms with Crippen molar-refractivity contribution in [1.29, 1.82) is 0 Å². The first kappa shape index (κ1) is 15.6. The van der Waals surface area contributed by atoms with Crippen LogP contribution in [0.1, 0.15) is 30.7 Å². The molecule has 23 heavy (non-hydrogen) atoms. The van der Waals surface area contributed by atoms with Crippen LogP contribution in [0.3, 0.4) is 0 Å². The highest BCUT2D eigenvalue weighted by atomic mass is 32.1. The third-order valence-electron chi connectivity index (χ3n) is 3.22. The Morgan fingerprint density at radius 2 is 2.26 bits per heavy atom. The zero-order chi connectivity index (χ0) is 16.1. The van der Waals surface area contributed by atoms with Gasteiger partial charge in [0, 0.05) is 18.1 Å². The van der Waals surface area contributed by atoms with Crippen LogP contribution < -0.4 is 4.74 Å². The quantitative estimate of drug-likeness (QED) is 0.664. The maximum absolute atomic E-state index is 5.83. The van der Waals surface area contributed by atoms with Gasteiger partial charge in [0.05, 0.1) is 11.4 Å². The van der Waals surface area contributed by atoms with Gasteiger partial charge in [0.1, 0.15) is 36.1 Å². The molecule has 0 aliphatic carbocycles. The molecule has 120 valence electrons. The van der Waals surface area contributed by atoms with Crippen LogP contribution in [0.2, 0.25) is 0 Å². The molecule has 0 fully saturated rings. The number of hydrogen-bond acceptors (Lipinski definition) is 6. The highest BCUT2D eigenvalue weighted by Gasteiger charge is 2.10. The predicted molar refractivity (Wildman–Crippen MR) is 87.8 cm³/mol. The zero-order valence-corrected chi connectivity index (χ0v) is 13.9. The summed E-state index contributed by atoms with van der Waals surface area (Å²) in [7, 11) is 0. The summed E-state index contributed by atoms with van der Waals surface area (Å²) in [5.41, 5.74) is 1.81. The van der Waals surface area contributed by atoms with E-state index in [0.717, 1.165) is 22.1 Å². The van der Waals surface area contributed by atoms with E-state index >= 15 is 0 Å². The van der Waals surface area contributed by atoms with Crippen molar-refractivity contribution in [2.24, 2.45) is 0 Å². The molecular formula is C16H18N4O2S. The van der Waals surface area contributed by atoms with Crippen molar-refractivity contribution in [3.05, 3.63) is 53.0 Å². The molecule has 0 N–H and O–H groups in total. The molecule has 1 aromatic carbocycles. The van der Waals surface area contributed by atoms with Crippen LogP contribution in [0.4, 0.5) is 0 Å². The first-order valence-corrected chi connectivity index (χ1v) is 8.28. The molecule has 1 unspecified atom stereocenters. The van der Waals surface area contributed by atoms with Gasteiger partial charge in [-0.2, -0.15) is 5.10 Å². The van der Waals surface area contributed by atoms with Gasteiger partial charge in [-0.1, -0.05) is 6.07 Å². The SMILES string of the molecule is CCOC(C)c1nc(COc2cccc(-n3cncn3)c2)cs1. The van der Waals surface area contributed by atoms with Gasteiger partial charge in [0.15, 0.2) is 0 Å². The van der Waals surface area contributed by atoms with Gasteiger partial charge in [-0.25, -0.2) is 14.6 Å². The van der Waals surface area contributed by atoms with Crippen molar-refractivity contribution in [1.82, 2.24) is 19.7 Å². The second kappa shape index (κ2) is 7.34. The zero-order valence-electron chi connectivity index (χ0n) is 13.0. The summed E-state index contributed by atoms with van der Waals surface area (Å²) in [5, 5.41) is 7.09. The first-order chi connectivity index (χ1) is 11.3. The van der Waals surface area contributed by atoms with Crippen molar-refractivity contribution in [2.75, 3.05) is 6.61 Å². The smallest absolute Gasteiger partial charge is 0.138 e. The summed E-state index contributed by atoms with van der Waals surface area (Å²) >= 11 is 1.60. The van der Waals surface area contributed by atoms with Gasteiger partial charge in [-0.3, -0.25) is 0 Å². The normalized spacial score (nSPS) is 12.3. The number of ether oxygens (including phenoxy) is 2. The fourth-order valence-electron chi connectivity index (χ4n) is 2.11. The molecule has 0 spiro atoms. The molecule has 0 amide bonds. The van der Waals surface area contributed by atoms with Crippen LogP contribution in [0.25, 0.3) is 5.69 Å². The van der Waals surface area contributed by atoms with Gasteiger partial charge in [0.2, 0.25) is 0 Å². The number of benzene rings is 1. The molecule has 0 aliphatic heterocycles. The monoisotopic (exact) mass is 330 g/mol. The molecule has 7 heteroatoms. The predicted octanol–water partition coefficient (Wildman–Crippen LogP) is 3.40. The second-order valence-corrected chi connectivity index (χ2v) is 5.79. The van der Waals surface area contributed by atoms with Crippen LogP contribution in [-0.2, 0) is 11.3 Å². The molecule has 0 saturated heterocycles. The molecule has 6 nitrogen and oxygen atoms in total. The standard InChI is InChI=1S/C16H18N4O2S/c1-3-21-12(2)16-19-13(9-23-16)8-22-15-6-4-5-14(7-15)20-11-17-10-18-20/h4-7,9-12H,3,8H2,1-2H3. The minimum atomic E-state index is 0.0226. The van der Waals surface area contributed by atoms with Crippen LogP contribution in [0, 0.1) is 0 Å². The Labute approximate surface area is 138 Å². The Hall–Kier alpha value is -2.25. The Bertz CT molecular complexity index is 742. The van der Waals surface area contributed by atoms with E-state index in [9.17, 15) is 0 Å². The Kier molecular flexibility index (Phi) is 4.99. The van der Waals surface area contributed by atoms with Gasteiger partial charge in [-0.05, 0) is 26.0 Å². The molecule has 3 aromatic rings. The van der Waals surface area contributed by atoms with Crippen molar-refractivity contribution >= 4 is 11.3 Å². The molecular weight excluding hydrogens is 312 g/mol. The van der Waals surface area contributed by atoms with E-state index in [0.29, 0.717) is 13.2 Å². The molecule has 1 atom stereocenters. The maximum Gasteiger partial charge on any atom is 0.138 e. The fraction of sp³-hybridized carbons (Fsp3) is 0.312. The van der Waals surface area contributed by atoms with Gasteiger partial charge in [-0.15, -0.1) is 11.3 Å². The van der Waals surface area contributed by atoms with Gasteiger partial charge >= 0.3 is 0 Å². The number of aromatic nitrogens is 4. The van der Waals surface area contributed by atoms with Crippen LogP contribution in [0.15, 0.2) is 42.3 Å².